The van der Waals surface area contributed by atoms with Gasteiger partial charge in [-0.3, -0.25) is 0 Å². The van der Waals surface area contributed by atoms with Crippen molar-refractivity contribution in [2.24, 2.45) is 0 Å². The smallest absolute Gasteiger partial charge is 0.384 e. The van der Waals surface area contributed by atoms with Crippen LogP contribution in [0, 0.1) is 12.7 Å². The van der Waals surface area contributed by atoms with E-state index in [9.17, 15) is 22.7 Å². The Morgan fingerprint density at radius 3 is 2.10 bits per heavy atom. The number of alkyl halides is 3. The van der Waals surface area contributed by atoms with Gasteiger partial charge in [0.1, 0.15) is 11.9 Å². The van der Waals surface area contributed by atoms with Crippen LogP contribution in [0.25, 0.3) is 0 Å². The lowest BCUT2D eigenvalue weighted by Gasteiger charge is -2.14. The summed E-state index contributed by atoms with van der Waals surface area (Å²) < 4.78 is 51.1. The predicted molar refractivity (Wildman–Crippen MR) is 66.6 cm³/mol. The molecule has 0 spiro atoms. The molecule has 0 heterocycles. The number of aryl methyl sites for hydroxylation is 1. The summed E-state index contributed by atoms with van der Waals surface area (Å²) in [6.07, 6.45) is -5.95. The zero-order valence-corrected chi connectivity index (χ0v) is 10.6. The Balaban J connectivity index is 2.42. The van der Waals surface area contributed by atoms with Crippen LogP contribution in [0.4, 0.5) is 17.6 Å². The number of rotatable bonds is 2. The van der Waals surface area contributed by atoms with Gasteiger partial charge < -0.3 is 5.11 Å². The van der Waals surface area contributed by atoms with Gasteiger partial charge >= 0.3 is 6.18 Å². The van der Waals surface area contributed by atoms with Crippen LogP contribution in [0.15, 0.2) is 42.5 Å². The summed E-state index contributed by atoms with van der Waals surface area (Å²) in [5.41, 5.74) is 0.130. The van der Waals surface area contributed by atoms with Crippen LogP contribution in [0.5, 0.6) is 0 Å². The molecule has 0 saturated carbocycles. The SMILES string of the molecule is Cc1ccc(C(O)c2cc(F)cc(C(F)(F)F)c2)cc1. The van der Waals surface area contributed by atoms with Gasteiger partial charge in [0.25, 0.3) is 0 Å². The average molecular weight is 284 g/mol. The van der Waals surface area contributed by atoms with Gasteiger partial charge in [-0.15, -0.1) is 0 Å². The monoisotopic (exact) mass is 284 g/mol. The van der Waals surface area contributed by atoms with Gasteiger partial charge in [0.2, 0.25) is 0 Å². The van der Waals surface area contributed by atoms with Gasteiger partial charge in [0, 0.05) is 0 Å². The normalized spacial score (nSPS) is 13.3. The highest BCUT2D eigenvalue weighted by Gasteiger charge is 2.32. The Labute approximate surface area is 113 Å². The van der Waals surface area contributed by atoms with E-state index in [1.165, 1.54) is 0 Å². The van der Waals surface area contributed by atoms with E-state index in [1.54, 1.807) is 24.3 Å². The maximum Gasteiger partial charge on any atom is 0.416 e. The minimum atomic E-state index is -4.65. The maximum absolute atomic E-state index is 13.3. The minimum Gasteiger partial charge on any atom is -0.384 e. The summed E-state index contributed by atoms with van der Waals surface area (Å²) >= 11 is 0. The van der Waals surface area contributed by atoms with Crippen molar-refractivity contribution in [1.82, 2.24) is 0 Å². The van der Waals surface area contributed by atoms with Crippen LogP contribution in [0.2, 0.25) is 0 Å². The number of aliphatic hydroxyl groups is 1. The molecule has 1 N–H and O–H groups in total. The van der Waals surface area contributed by atoms with E-state index in [2.05, 4.69) is 0 Å². The number of halogens is 4. The second-order valence-electron chi connectivity index (χ2n) is 4.58. The predicted octanol–water partition coefficient (Wildman–Crippen LogP) is 4.23. The molecule has 0 saturated heterocycles. The van der Waals surface area contributed by atoms with Crippen LogP contribution in [0.1, 0.15) is 28.4 Å². The van der Waals surface area contributed by atoms with Crippen LogP contribution < -0.4 is 0 Å². The molecule has 20 heavy (non-hydrogen) atoms. The van der Waals surface area contributed by atoms with Gasteiger partial charge in [-0.2, -0.15) is 13.2 Å². The van der Waals surface area contributed by atoms with Gasteiger partial charge in [0.15, 0.2) is 0 Å². The van der Waals surface area contributed by atoms with E-state index in [1.807, 2.05) is 6.92 Å². The number of aliphatic hydroxyl groups excluding tert-OH is 1. The molecule has 5 heteroatoms. The first-order chi connectivity index (χ1) is 9.27. The molecule has 2 aromatic carbocycles. The van der Waals surface area contributed by atoms with Gasteiger partial charge in [0.05, 0.1) is 5.56 Å². The summed E-state index contributed by atoms with van der Waals surface area (Å²) in [5.74, 6) is -1.03. The highest BCUT2D eigenvalue weighted by atomic mass is 19.4. The zero-order chi connectivity index (χ0) is 14.9. The van der Waals surface area contributed by atoms with Gasteiger partial charge in [-0.1, -0.05) is 29.8 Å². The van der Waals surface area contributed by atoms with Gasteiger partial charge in [-0.25, -0.2) is 4.39 Å². The molecule has 0 fully saturated rings. The molecule has 1 atom stereocenters. The van der Waals surface area contributed by atoms with E-state index >= 15 is 0 Å². The molecular formula is C15H12F4O. The van der Waals surface area contributed by atoms with Crippen molar-refractivity contribution in [2.45, 2.75) is 19.2 Å². The number of benzene rings is 2. The summed E-state index contributed by atoms with van der Waals surface area (Å²) in [5, 5.41) is 10.1. The van der Waals surface area contributed by atoms with Crippen molar-refractivity contribution >= 4 is 0 Å². The standard InChI is InChI=1S/C15H12F4O/c1-9-2-4-10(5-3-9)14(20)11-6-12(15(17,18)19)8-13(16)7-11/h2-8,14,20H,1H3. The number of hydrogen-bond donors (Lipinski definition) is 1. The Morgan fingerprint density at radius 2 is 1.55 bits per heavy atom. The minimum absolute atomic E-state index is 0.124. The lowest BCUT2D eigenvalue weighted by atomic mass is 9.98. The molecule has 0 radical (unpaired) electrons. The van der Waals surface area contributed by atoms with Crippen molar-refractivity contribution in [3.8, 4) is 0 Å². The van der Waals surface area contributed by atoms with Crippen LogP contribution >= 0.6 is 0 Å². The molecule has 0 aliphatic carbocycles. The molecular weight excluding hydrogens is 272 g/mol. The molecule has 1 unspecified atom stereocenters. The molecule has 0 aromatic heterocycles. The first-order valence-electron chi connectivity index (χ1n) is 5.89. The molecule has 1 nitrogen and oxygen atoms in total. The molecule has 2 rings (SSSR count). The Hall–Kier alpha value is -1.88. The molecule has 0 bridgehead atoms. The third-order valence-electron chi connectivity index (χ3n) is 2.96. The summed E-state index contributed by atoms with van der Waals surface area (Å²) in [4.78, 5) is 0. The Morgan fingerprint density at radius 1 is 0.950 bits per heavy atom. The van der Waals surface area contributed by atoms with E-state index in [0.717, 1.165) is 17.7 Å². The third kappa shape index (κ3) is 3.17. The summed E-state index contributed by atoms with van der Waals surface area (Å²) in [6, 6.07) is 8.71. The topological polar surface area (TPSA) is 20.2 Å². The second kappa shape index (κ2) is 5.25. The summed E-state index contributed by atoms with van der Waals surface area (Å²) in [6.45, 7) is 1.85. The fraction of sp³-hybridized carbons (Fsp3) is 0.200. The van der Waals surface area contributed by atoms with Crippen LogP contribution in [-0.2, 0) is 6.18 Å². The Kier molecular flexibility index (Phi) is 3.81. The number of hydrogen-bond acceptors (Lipinski definition) is 1. The van der Waals surface area contributed by atoms with E-state index in [-0.39, 0.29) is 5.56 Å². The first kappa shape index (κ1) is 14.5. The molecule has 0 amide bonds. The third-order valence-corrected chi connectivity index (χ3v) is 2.96. The van der Waals surface area contributed by atoms with E-state index in [0.29, 0.717) is 11.6 Å². The largest absolute Gasteiger partial charge is 0.416 e. The first-order valence-corrected chi connectivity index (χ1v) is 5.89. The fourth-order valence-electron chi connectivity index (χ4n) is 1.88. The van der Waals surface area contributed by atoms with Crippen molar-refractivity contribution in [2.75, 3.05) is 0 Å². The van der Waals surface area contributed by atoms with E-state index in [4.69, 9.17) is 0 Å². The average Bonchev–Trinajstić information content (AvgIpc) is 2.37. The molecule has 2 aromatic rings. The zero-order valence-electron chi connectivity index (χ0n) is 10.6. The fourth-order valence-corrected chi connectivity index (χ4v) is 1.88. The van der Waals surface area contributed by atoms with Crippen molar-refractivity contribution in [3.05, 3.63) is 70.5 Å². The molecule has 0 aliphatic rings. The van der Waals surface area contributed by atoms with Gasteiger partial charge in [-0.05, 0) is 36.2 Å². The Bertz CT molecular complexity index is 602. The maximum atomic E-state index is 13.3. The van der Waals surface area contributed by atoms with Crippen molar-refractivity contribution in [1.29, 1.82) is 0 Å². The lowest BCUT2D eigenvalue weighted by Crippen LogP contribution is -2.08. The highest BCUT2D eigenvalue weighted by Crippen LogP contribution is 2.33. The van der Waals surface area contributed by atoms with Crippen LogP contribution in [-0.4, -0.2) is 5.11 Å². The van der Waals surface area contributed by atoms with E-state index < -0.39 is 23.7 Å². The van der Waals surface area contributed by atoms with Crippen molar-refractivity contribution in [3.63, 3.8) is 0 Å². The second-order valence-corrected chi connectivity index (χ2v) is 4.58. The quantitative estimate of drug-likeness (QED) is 0.818. The van der Waals surface area contributed by atoms with Crippen LogP contribution in [0.3, 0.4) is 0 Å². The molecule has 106 valence electrons. The lowest BCUT2D eigenvalue weighted by molar-refractivity contribution is -0.137. The molecule has 0 aliphatic heterocycles. The van der Waals surface area contributed by atoms with Crippen molar-refractivity contribution < 1.29 is 22.7 Å². The summed E-state index contributed by atoms with van der Waals surface area (Å²) in [7, 11) is 0. The highest BCUT2D eigenvalue weighted by molar-refractivity contribution is 5.35.